The molecule has 1 saturated heterocycles. The molecule has 2 bridgehead atoms. The lowest BCUT2D eigenvalue weighted by atomic mass is 9.87. The second kappa shape index (κ2) is 2.78. The average Bonchev–Trinajstić information content (AvgIpc) is 2.26. The standard InChI is InChI=1S/C10H19N/c1-3-11-6-9-4-5-10(7-11)8(9)2/h8-10H,3-7H2,1-2H3. The van der Waals surface area contributed by atoms with Crippen molar-refractivity contribution in [2.75, 3.05) is 19.6 Å². The minimum absolute atomic E-state index is 1.03. The molecule has 2 fully saturated rings. The SMILES string of the molecule is CCN1CC2CCC(C1)C2C. The van der Waals surface area contributed by atoms with Crippen LogP contribution >= 0.6 is 0 Å². The summed E-state index contributed by atoms with van der Waals surface area (Å²) in [5.74, 6) is 3.10. The summed E-state index contributed by atoms with van der Waals surface area (Å²) < 4.78 is 0. The van der Waals surface area contributed by atoms with Crippen LogP contribution in [0.1, 0.15) is 26.7 Å². The molecule has 0 radical (unpaired) electrons. The van der Waals surface area contributed by atoms with Crippen molar-refractivity contribution in [3.8, 4) is 0 Å². The van der Waals surface area contributed by atoms with E-state index in [1.54, 1.807) is 0 Å². The Labute approximate surface area is 69.8 Å². The van der Waals surface area contributed by atoms with E-state index in [1.165, 1.54) is 32.5 Å². The van der Waals surface area contributed by atoms with Crippen molar-refractivity contribution in [1.82, 2.24) is 4.90 Å². The van der Waals surface area contributed by atoms with Crippen LogP contribution in [0.15, 0.2) is 0 Å². The van der Waals surface area contributed by atoms with Gasteiger partial charge >= 0.3 is 0 Å². The van der Waals surface area contributed by atoms with E-state index in [4.69, 9.17) is 0 Å². The Kier molecular flexibility index (Phi) is 1.92. The summed E-state index contributed by atoms with van der Waals surface area (Å²) in [5.41, 5.74) is 0. The Hall–Kier alpha value is -0.0400. The number of fused-ring (bicyclic) bond motifs is 2. The first-order valence-corrected chi connectivity index (χ1v) is 5.03. The molecule has 1 aliphatic carbocycles. The van der Waals surface area contributed by atoms with E-state index in [0.717, 1.165) is 17.8 Å². The van der Waals surface area contributed by atoms with Gasteiger partial charge < -0.3 is 4.90 Å². The first kappa shape index (κ1) is 7.60. The average molecular weight is 153 g/mol. The van der Waals surface area contributed by atoms with Gasteiger partial charge in [-0.1, -0.05) is 13.8 Å². The molecule has 0 spiro atoms. The number of hydrogen-bond acceptors (Lipinski definition) is 1. The fourth-order valence-corrected chi connectivity index (χ4v) is 2.85. The zero-order valence-corrected chi connectivity index (χ0v) is 7.71. The van der Waals surface area contributed by atoms with Gasteiger partial charge in [-0.2, -0.15) is 0 Å². The monoisotopic (exact) mass is 153 g/mol. The van der Waals surface area contributed by atoms with E-state index >= 15 is 0 Å². The van der Waals surface area contributed by atoms with Crippen molar-refractivity contribution in [3.63, 3.8) is 0 Å². The van der Waals surface area contributed by atoms with Crippen molar-refractivity contribution < 1.29 is 0 Å². The molecule has 64 valence electrons. The van der Waals surface area contributed by atoms with Gasteiger partial charge in [0.05, 0.1) is 0 Å². The Balaban J connectivity index is 2.02. The van der Waals surface area contributed by atoms with Gasteiger partial charge in [0.25, 0.3) is 0 Å². The predicted molar refractivity (Wildman–Crippen MR) is 47.5 cm³/mol. The molecule has 2 aliphatic rings. The number of hydrogen-bond donors (Lipinski definition) is 0. The molecule has 0 aromatic rings. The van der Waals surface area contributed by atoms with Crippen LogP contribution < -0.4 is 0 Å². The van der Waals surface area contributed by atoms with Gasteiger partial charge in [0.2, 0.25) is 0 Å². The molecule has 0 aromatic carbocycles. The van der Waals surface area contributed by atoms with Crippen molar-refractivity contribution in [2.24, 2.45) is 17.8 Å². The lowest BCUT2D eigenvalue weighted by Gasteiger charge is -2.35. The third-order valence-electron chi connectivity index (χ3n) is 3.83. The molecule has 1 saturated carbocycles. The van der Waals surface area contributed by atoms with Crippen LogP contribution in [0.25, 0.3) is 0 Å². The van der Waals surface area contributed by atoms with Crippen LogP contribution in [0.4, 0.5) is 0 Å². The molecule has 2 unspecified atom stereocenters. The molecule has 1 nitrogen and oxygen atoms in total. The summed E-state index contributed by atoms with van der Waals surface area (Å²) in [5, 5.41) is 0. The Bertz CT molecular complexity index is 130. The zero-order chi connectivity index (χ0) is 7.84. The number of likely N-dealkylation sites (tertiary alicyclic amines) is 1. The normalized spacial score (nSPS) is 44.7. The van der Waals surface area contributed by atoms with Crippen molar-refractivity contribution in [2.45, 2.75) is 26.7 Å². The molecule has 0 aromatic heterocycles. The fraction of sp³-hybridized carbons (Fsp3) is 1.00. The summed E-state index contributed by atoms with van der Waals surface area (Å²) in [6.45, 7) is 8.77. The van der Waals surface area contributed by atoms with E-state index in [9.17, 15) is 0 Å². The van der Waals surface area contributed by atoms with Gasteiger partial charge in [-0.05, 0) is 37.1 Å². The smallest absolute Gasteiger partial charge is 0.00123 e. The molecule has 1 aliphatic heterocycles. The minimum Gasteiger partial charge on any atom is -0.303 e. The van der Waals surface area contributed by atoms with Crippen LogP contribution in [-0.4, -0.2) is 24.5 Å². The summed E-state index contributed by atoms with van der Waals surface area (Å²) in [6, 6.07) is 0. The lowest BCUT2D eigenvalue weighted by molar-refractivity contribution is 0.124. The van der Waals surface area contributed by atoms with Crippen molar-refractivity contribution in [3.05, 3.63) is 0 Å². The van der Waals surface area contributed by atoms with Gasteiger partial charge in [-0.25, -0.2) is 0 Å². The summed E-state index contributed by atoms with van der Waals surface area (Å²) in [6.07, 6.45) is 3.00. The number of rotatable bonds is 1. The maximum absolute atomic E-state index is 2.63. The van der Waals surface area contributed by atoms with Crippen LogP contribution in [0, 0.1) is 17.8 Å². The minimum atomic E-state index is 1.03. The van der Waals surface area contributed by atoms with Gasteiger partial charge in [0, 0.05) is 13.1 Å². The second-order valence-corrected chi connectivity index (χ2v) is 4.31. The molecule has 1 heterocycles. The topological polar surface area (TPSA) is 3.24 Å². The van der Waals surface area contributed by atoms with E-state index in [-0.39, 0.29) is 0 Å². The van der Waals surface area contributed by atoms with Gasteiger partial charge in [-0.3, -0.25) is 0 Å². The quantitative estimate of drug-likeness (QED) is 0.557. The summed E-state index contributed by atoms with van der Waals surface area (Å²) >= 11 is 0. The van der Waals surface area contributed by atoms with E-state index in [0.29, 0.717) is 0 Å². The van der Waals surface area contributed by atoms with Crippen LogP contribution in [0.2, 0.25) is 0 Å². The summed E-state index contributed by atoms with van der Waals surface area (Å²) in [7, 11) is 0. The van der Waals surface area contributed by atoms with E-state index in [2.05, 4.69) is 18.7 Å². The van der Waals surface area contributed by atoms with Gasteiger partial charge in [0.1, 0.15) is 0 Å². The van der Waals surface area contributed by atoms with Gasteiger partial charge in [0.15, 0.2) is 0 Å². The van der Waals surface area contributed by atoms with Crippen molar-refractivity contribution in [1.29, 1.82) is 0 Å². The Morgan fingerprint density at radius 1 is 1.18 bits per heavy atom. The zero-order valence-electron chi connectivity index (χ0n) is 7.71. The number of piperidine rings is 1. The summed E-state index contributed by atoms with van der Waals surface area (Å²) in [4.78, 5) is 2.63. The molecule has 2 rings (SSSR count). The molecule has 0 N–H and O–H groups in total. The Morgan fingerprint density at radius 2 is 1.73 bits per heavy atom. The Morgan fingerprint density at radius 3 is 2.18 bits per heavy atom. The maximum atomic E-state index is 2.63. The van der Waals surface area contributed by atoms with Crippen LogP contribution in [0.5, 0.6) is 0 Å². The first-order valence-electron chi connectivity index (χ1n) is 5.03. The van der Waals surface area contributed by atoms with E-state index < -0.39 is 0 Å². The highest BCUT2D eigenvalue weighted by atomic mass is 15.1. The van der Waals surface area contributed by atoms with Gasteiger partial charge in [-0.15, -0.1) is 0 Å². The molecular weight excluding hydrogens is 134 g/mol. The maximum Gasteiger partial charge on any atom is 0.00123 e. The lowest BCUT2D eigenvalue weighted by Crippen LogP contribution is -2.40. The molecule has 11 heavy (non-hydrogen) atoms. The third kappa shape index (κ3) is 1.20. The highest BCUT2D eigenvalue weighted by molar-refractivity contribution is 4.90. The highest BCUT2D eigenvalue weighted by Crippen LogP contribution is 2.41. The number of nitrogens with zero attached hydrogens (tertiary/aromatic N) is 1. The molecular formula is C10H19N. The highest BCUT2D eigenvalue weighted by Gasteiger charge is 2.38. The molecule has 2 atom stereocenters. The van der Waals surface area contributed by atoms with Crippen molar-refractivity contribution >= 4 is 0 Å². The second-order valence-electron chi connectivity index (χ2n) is 4.31. The van der Waals surface area contributed by atoms with Crippen LogP contribution in [-0.2, 0) is 0 Å². The largest absolute Gasteiger partial charge is 0.303 e. The molecule has 1 heteroatoms. The van der Waals surface area contributed by atoms with Crippen LogP contribution in [0.3, 0.4) is 0 Å². The first-order chi connectivity index (χ1) is 5.31. The molecule has 0 amide bonds. The predicted octanol–water partition coefficient (Wildman–Crippen LogP) is 1.98. The fourth-order valence-electron chi connectivity index (χ4n) is 2.85. The van der Waals surface area contributed by atoms with E-state index in [1.807, 2.05) is 0 Å². The third-order valence-corrected chi connectivity index (χ3v) is 3.83.